The molecule has 1 aromatic rings. The third kappa shape index (κ3) is 3.45. The lowest BCUT2D eigenvalue weighted by molar-refractivity contribution is 0.321. The van der Waals surface area contributed by atoms with Crippen LogP contribution < -0.4 is 10.5 Å². The topological polar surface area (TPSA) is 48.1 Å². The number of hydrogen-bond acceptors (Lipinski definition) is 3. The number of pyridine rings is 1. The second kappa shape index (κ2) is 6.74. The fourth-order valence-corrected chi connectivity index (χ4v) is 2.90. The molecule has 3 heteroatoms. The molecular weight excluding hydrogens is 224 g/mol. The SMILES string of the molecule is COc1ncccc1C(N)CCC1CCCCC1. The van der Waals surface area contributed by atoms with Crippen LogP contribution in [0.1, 0.15) is 56.6 Å². The molecule has 1 unspecified atom stereocenters. The Bertz CT molecular complexity index is 361. The highest BCUT2D eigenvalue weighted by molar-refractivity contribution is 5.28. The number of methoxy groups -OCH3 is 1. The number of aromatic nitrogens is 1. The molecular formula is C15H24N2O. The van der Waals surface area contributed by atoms with Crippen LogP contribution >= 0.6 is 0 Å². The van der Waals surface area contributed by atoms with Gasteiger partial charge < -0.3 is 10.5 Å². The maximum absolute atomic E-state index is 6.27. The van der Waals surface area contributed by atoms with Gasteiger partial charge in [-0.2, -0.15) is 0 Å². The van der Waals surface area contributed by atoms with Crippen molar-refractivity contribution >= 4 is 0 Å². The first-order valence-corrected chi connectivity index (χ1v) is 7.05. The van der Waals surface area contributed by atoms with E-state index in [-0.39, 0.29) is 6.04 Å². The molecule has 100 valence electrons. The minimum absolute atomic E-state index is 0.0515. The van der Waals surface area contributed by atoms with Crippen molar-refractivity contribution in [2.75, 3.05) is 7.11 Å². The highest BCUT2D eigenvalue weighted by atomic mass is 16.5. The normalized spacial score (nSPS) is 18.6. The van der Waals surface area contributed by atoms with Gasteiger partial charge in [0.25, 0.3) is 0 Å². The zero-order valence-electron chi connectivity index (χ0n) is 11.3. The van der Waals surface area contributed by atoms with Gasteiger partial charge in [-0.15, -0.1) is 0 Å². The Kier molecular flexibility index (Phi) is 5.00. The zero-order valence-corrected chi connectivity index (χ0v) is 11.3. The first kappa shape index (κ1) is 13.3. The van der Waals surface area contributed by atoms with E-state index in [2.05, 4.69) is 4.98 Å². The molecule has 1 aliphatic rings. The summed E-state index contributed by atoms with van der Waals surface area (Å²) in [4.78, 5) is 4.21. The van der Waals surface area contributed by atoms with Gasteiger partial charge in [0, 0.05) is 17.8 Å². The molecule has 1 aliphatic carbocycles. The first-order valence-electron chi connectivity index (χ1n) is 7.05. The Morgan fingerprint density at radius 2 is 2.17 bits per heavy atom. The molecule has 1 saturated carbocycles. The highest BCUT2D eigenvalue weighted by Crippen LogP contribution is 2.31. The molecule has 0 bridgehead atoms. The molecule has 18 heavy (non-hydrogen) atoms. The Labute approximate surface area is 110 Å². The van der Waals surface area contributed by atoms with Crippen LogP contribution in [0.15, 0.2) is 18.3 Å². The average Bonchev–Trinajstić information content (AvgIpc) is 2.45. The summed E-state index contributed by atoms with van der Waals surface area (Å²) in [5.41, 5.74) is 7.31. The third-order valence-corrected chi connectivity index (χ3v) is 4.00. The Morgan fingerprint density at radius 3 is 2.89 bits per heavy atom. The smallest absolute Gasteiger partial charge is 0.217 e. The van der Waals surface area contributed by atoms with Gasteiger partial charge in [-0.1, -0.05) is 38.2 Å². The molecule has 0 aliphatic heterocycles. The van der Waals surface area contributed by atoms with E-state index in [1.54, 1.807) is 13.3 Å². The molecule has 0 amide bonds. The summed E-state index contributed by atoms with van der Waals surface area (Å²) in [6.45, 7) is 0. The summed E-state index contributed by atoms with van der Waals surface area (Å²) in [7, 11) is 1.65. The maximum Gasteiger partial charge on any atom is 0.217 e. The lowest BCUT2D eigenvalue weighted by Crippen LogP contribution is -2.15. The zero-order chi connectivity index (χ0) is 12.8. The molecule has 1 aromatic heterocycles. The number of ether oxygens (including phenoxy) is 1. The Hall–Kier alpha value is -1.09. The minimum atomic E-state index is 0.0515. The van der Waals surface area contributed by atoms with Crippen LogP contribution in [0.3, 0.4) is 0 Å². The largest absolute Gasteiger partial charge is 0.481 e. The van der Waals surface area contributed by atoms with E-state index in [0.717, 1.165) is 17.9 Å². The standard InChI is InChI=1S/C15H24N2O/c1-18-15-13(8-5-11-17-15)14(16)10-9-12-6-3-2-4-7-12/h5,8,11-12,14H,2-4,6-7,9-10,16H2,1H3. The number of hydrogen-bond donors (Lipinski definition) is 1. The van der Waals surface area contributed by atoms with Gasteiger partial charge in [0.1, 0.15) is 0 Å². The third-order valence-electron chi connectivity index (χ3n) is 4.00. The van der Waals surface area contributed by atoms with Gasteiger partial charge in [-0.25, -0.2) is 4.98 Å². The van der Waals surface area contributed by atoms with Gasteiger partial charge in [0.2, 0.25) is 5.88 Å². The van der Waals surface area contributed by atoms with Crippen molar-refractivity contribution in [1.29, 1.82) is 0 Å². The Morgan fingerprint density at radius 1 is 1.39 bits per heavy atom. The molecule has 1 fully saturated rings. The van der Waals surface area contributed by atoms with Crippen molar-refractivity contribution in [2.45, 2.75) is 51.0 Å². The van der Waals surface area contributed by atoms with Gasteiger partial charge in [0.05, 0.1) is 7.11 Å². The number of nitrogens with two attached hydrogens (primary N) is 1. The van der Waals surface area contributed by atoms with E-state index in [4.69, 9.17) is 10.5 Å². The van der Waals surface area contributed by atoms with Crippen molar-refractivity contribution in [1.82, 2.24) is 4.98 Å². The lowest BCUT2D eigenvalue weighted by atomic mass is 9.84. The number of nitrogens with zero attached hydrogens (tertiary/aromatic N) is 1. The summed E-state index contributed by atoms with van der Waals surface area (Å²) >= 11 is 0. The molecule has 3 nitrogen and oxygen atoms in total. The molecule has 1 atom stereocenters. The maximum atomic E-state index is 6.27. The molecule has 0 spiro atoms. The van der Waals surface area contributed by atoms with E-state index in [1.807, 2.05) is 12.1 Å². The summed E-state index contributed by atoms with van der Waals surface area (Å²) in [5, 5.41) is 0. The van der Waals surface area contributed by atoms with Crippen LogP contribution in [-0.4, -0.2) is 12.1 Å². The van der Waals surface area contributed by atoms with Crippen LogP contribution in [0.4, 0.5) is 0 Å². The molecule has 2 N–H and O–H groups in total. The molecule has 1 heterocycles. The summed E-state index contributed by atoms with van der Waals surface area (Å²) in [6.07, 6.45) is 11.0. The summed E-state index contributed by atoms with van der Waals surface area (Å²) in [6, 6.07) is 4.01. The van der Waals surface area contributed by atoms with E-state index >= 15 is 0 Å². The monoisotopic (exact) mass is 248 g/mol. The van der Waals surface area contributed by atoms with Crippen LogP contribution in [0.5, 0.6) is 5.88 Å². The van der Waals surface area contributed by atoms with Crippen molar-refractivity contribution in [3.63, 3.8) is 0 Å². The second-order valence-electron chi connectivity index (χ2n) is 5.29. The van der Waals surface area contributed by atoms with Crippen LogP contribution in [0, 0.1) is 5.92 Å². The van der Waals surface area contributed by atoms with E-state index in [0.29, 0.717) is 5.88 Å². The van der Waals surface area contributed by atoms with Crippen molar-refractivity contribution < 1.29 is 4.74 Å². The van der Waals surface area contributed by atoms with E-state index in [1.165, 1.54) is 38.5 Å². The second-order valence-corrected chi connectivity index (χ2v) is 5.29. The quantitative estimate of drug-likeness (QED) is 0.868. The van der Waals surface area contributed by atoms with Crippen LogP contribution in [-0.2, 0) is 0 Å². The van der Waals surface area contributed by atoms with Crippen molar-refractivity contribution in [3.05, 3.63) is 23.9 Å². The van der Waals surface area contributed by atoms with E-state index < -0.39 is 0 Å². The summed E-state index contributed by atoms with van der Waals surface area (Å²) in [5.74, 6) is 1.56. The van der Waals surface area contributed by atoms with Crippen molar-refractivity contribution in [2.24, 2.45) is 11.7 Å². The Balaban J connectivity index is 1.88. The molecule has 0 aromatic carbocycles. The van der Waals surface area contributed by atoms with Gasteiger partial charge >= 0.3 is 0 Å². The fourth-order valence-electron chi connectivity index (χ4n) is 2.90. The first-order chi connectivity index (χ1) is 8.81. The summed E-state index contributed by atoms with van der Waals surface area (Å²) < 4.78 is 5.27. The minimum Gasteiger partial charge on any atom is -0.481 e. The lowest BCUT2D eigenvalue weighted by Gasteiger charge is -2.23. The highest BCUT2D eigenvalue weighted by Gasteiger charge is 2.17. The average molecular weight is 248 g/mol. The molecule has 0 radical (unpaired) electrons. The number of rotatable bonds is 5. The van der Waals surface area contributed by atoms with Gasteiger partial charge in [0.15, 0.2) is 0 Å². The van der Waals surface area contributed by atoms with Gasteiger partial charge in [-0.3, -0.25) is 0 Å². The fraction of sp³-hybridized carbons (Fsp3) is 0.667. The van der Waals surface area contributed by atoms with Crippen LogP contribution in [0.25, 0.3) is 0 Å². The van der Waals surface area contributed by atoms with Gasteiger partial charge in [-0.05, 0) is 24.8 Å². The van der Waals surface area contributed by atoms with Crippen molar-refractivity contribution in [3.8, 4) is 5.88 Å². The van der Waals surface area contributed by atoms with Crippen LogP contribution in [0.2, 0.25) is 0 Å². The van der Waals surface area contributed by atoms with E-state index in [9.17, 15) is 0 Å². The molecule has 2 rings (SSSR count). The molecule has 0 saturated heterocycles. The predicted molar refractivity (Wildman–Crippen MR) is 73.5 cm³/mol. The predicted octanol–water partition coefficient (Wildman–Crippen LogP) is 3.45.